The third-order valence-electron chi connectivity index (χ3n) is 4.00. The van der Waals surface area contributed by atoms with E-state index in [0.717, 1.165) is 4.57 Å². The molecule has 5 nitrogen and oxygen atoms in total. The molecule has 0 spiro atoms. The minimum Gasteiger partial charge on any atom is -0.399 e. The molecule has 21 heavy (non-hydrogen) atoms. The van der Waals surface area contributed by atoms with Crippen LogP contribution in [0.25, 0.3) is 5.82 Å². The summed E-state index contributed by atoms with van der Waals surface area (Å²) in [4.78, 5) is 7.93. The van der Waals surface area contributed by atoms with Crippen LogP contribution in [0.2, 0.25) is 0 Å². The zero-order chi connectivity index (χ0) is 19.5. The Kier molecular flexibility index (Phi) is 2.09. The Morgan fingerprint density at radius 3 is 2.43 bits per heavy atom. The summed E-state index contributed by atoms with van der Waals surface area (Å²) in [7, 11) is -0.576. The first-order chi connectivity index (χ1) is 11.8. The highest BCUT2D eigenvalue weighted by atomic mass is 16.7. The molecule has 2 aromatic heterocycles. The van der Waals surface area contributed by atoms with Crippen molar-refractivity contribution in [2.45, 2.75) is 45.7 Å². The number of hydrogen-bond donors (Lipinski definition) is 0. The fraction of sp³-hybridized carbons (Fsp3) is 0.467. The van der Waals surface area contributed by atoms with E-state index >= 15 is 0 Å². The van der Waals surface area contributed by atoms with Crippen molar-refractivity contribution >= 4 is 12.6 Å². The van der Waals surface area contributed by atoms with E-state index in [-0.39, 0.29) is 18.3 Å². The van der Waals surface area contributed by atoms with Crippen molar-refractivity contribution in [3.63, 3.8) is 0 Å². The summed E-state index contributed by atoms with van der Waals surface area (Å²) in [6, 6.07) is 3.31. The zero-order valence-electron chi connectivity index (χ0n) is 17.5. The average molecular weight is 290 g/mol. The summed E-state index contributed by atoms with van der Waals surface area (Å²) in [6.45, 7) is 5.26. The second-order valence-electron chi connectivity index (χ2n) is 6.05. The van der Waals surface area contributed by atoms with E-state index in [9.17, 15) is 0 Å². The van der Waals surface area contributed by atoms with Crippen molar-refractivity contribution in [2.24, 2.45) is 0 Å². The van der Waals surface area contributed by atoms with Gasteiger partial charge in [0.05, 0.1) is 18.3 Å². The summed E-state index contributed by atoms with van der Waals surface area (Å²) >= 11 is 0. The Balaban J connectivity index is 1.92. The van der Waals surface area contributed by atoms with Crippen molar-refractivity contribution in [3.05, 3.63) is 36.5 Å². The monoisotopic (exact) mass is 290 g/mol. The van der Waals surface area contributed by atoms with Crippen LogP contribution in [-0.4, -0.2) is 32.9 Å². The van der Waals surface area contributed by atoms with Crippen molar-refractivity contribution in [3.8, 4) is 5.82 Å². The summed E-state index contributed by atoms with van der Waals surface area (Å²) in [6.07, 6.45) is 0.814. The lowest BCUT2D eigenvalue weighted by Crippen LogP contribution is -2.41. The second-order valence-corrected chi connectivity index (χ2v) is 6.05. The van der Waals surface area contributed by atoms with E-state index in [4.69, 9.17) is 16.2 Å². The van der Waals surface area contributed by atoms with Crippen molar-refractivity contribution in [2.75, 3.05) is 0 Å². The van der Waals surface area contributed by atoms with Crippen LogP contribution < -0.4 is 5.46 Å². The number of imidazole rings is 1. The molecule has 0 saturated carbocycles. The maximum atomic E-state index is 8.02. The SMILES string of the molecule is [2H]c1nc(C([2H])([2H])[2H])c([2H])n1-c1ccc(B2OC(C)(C)C(C)(C)O2)cn1. The molecule has 0 radical (unpaired) electrons. The van der Waals surface area contributed by atoms with Gasteiger partial charge < -0.3 is 9.31 Å². The fourth-order valence-corrected chi connectivity index (χ4v) is 2.01. The summed E-state index contributed by atoms with van der Waals surface area (Å²) in [5.41, 5.74) is -0.670. The third kappa shape index (κ3) is 2.49. The molecular formula is C15H20BN3O2. The van der Waals surface area contributed by atoms with Gasteiger partial charge in [0, 0.05) is 21.9 Å². The van der Waals surface area contributed by atoms with Crippen LogP contribution in [0, 0.1) is 6.85 Å². The van der Waals surface area contributed by atoms with Gasteiger partial charge in [-0.1, -0.05) is 6.07 Å². The average Bonchev–Trinajstić information content (AvgIpc) is 2.92. The number of aromatic nitrogens is 3. The molecule has 110 valence electrons. The van der Waals surface area contributed by atoms with Gasteiger partial charge in [-0.15, -0.1) is 0 Å². The summed E-state index contributed by atoms with van der Waals surface area (Å²) in [5.74, 6) is 0.239. The molecule has 1 aliphatic rings. The predicted molar refractivity (Wildman–Crippen MR) is 81.8 cm³/mol. The van der Waals surface area contributed by atoms with Gasteiger partial charge in [0.1, 0.15) is 13.5 Å². The first kappa shape index (κ1) is 9.38. The maximum absolute atomic E-state index is 8.02. The van der Waals surface area contributed by atoms with Crippen LogP contribution in [0.5, 0.6) is 0 Å². The van der Waals surface area contributed by atoms with Crippen LogP contribution in [0.15, 0.2) is 30.8 Å². The molecule has 0 bridgehead atoms. The molecule has 0 aliphatic carbocycles. The van der Waals surface area contributed by atoms with Gasteiger partial charge in [0.15, 0.2) is 0 Å². The second kappa shape index (κ2) is 4.68. The number of aryl methyl sites for hydroxylation is 1. The molecule has 3 rings (SSSR count). The van der Waals surface area contributed by atoms with Crippen LogP contribution in [0.4, 0.5) is 0 Å². The standard InChI is InChI=1S/C15H20BN3O2/c1-11-9-19(10-18-11)13-7-6-12(8-17-13)16-20-14(2,3)15(4,5)21-16/h6-10H,1-5H3/i1D3,9D,10D. The molecule has 1 fully saturated rings. The van der Waals surface area contributed by atoms with E-state index in [0.29, 0.717) is 5.46 Å². The van der Waals surface area contributed by atoms with E-state index in [1.165, 1.54) is 6.20 Å². The van der Waals surface area contributed by atoms with Crippen LogP contribution in [0.3, 0.4) is 0 Å². The Labute approximate surface area is 132 Å². The minimum atomic E-state index is -2.55. The van der Waals surface area contributed by atoms with E-state index in [1.54, 1.807) is 12.1 Å². The zero-order valence-corrected chi connectivity index (χ0v) is 12.5. The Hall–Kier alpha value is -1.66. The quantitative estimate of drug-likeness (QED) is 0.792. The molecule has 0 aromatic carbocycles. The minimum absolute atomic E-state index is 0.239. The van der Waals surface area contributed by atoms with Crippen molar-refractivity contribution in [1.29, 1.82) is 0 Å². The van der Waals surface area contributed by atoms with E-state index in [2.05, 4.69) is 9.97 Å². The lowest BCUT2D eigenvalue weighted by molar-refractivity contribution is 0.00578. The summed E-state index contributed by atoms with van der Waals surface area (Å²) < 4.78 is 51.1. The smallest absolute Gasteiger partial charge is 0.399 e. The molecule has 1 aliphatic heterocycles. The number of rotatable bonds is 2. The first-order valence-electron chi connectivity index (χ1n) is 9.22. The van der Waals surface area contributed by atoms with Crippen molar-refractivity contribution in [1.82, 2.24) is 14.5 Å². The fourth-order valence-electron chi connectivity index (χ4n) is 2.01. The van der Waals surface area contributed by atoms with Crippen LogP contribution in [-0.2, 0) is 9.31 Å². The number of pyridine rings is 1. The number of nitrogens with zero attached hydrogens (tertiary/aromatic N) is 3. The Morgan fingerprint density at radius 1 is 1.19 bits per heavy atom. The summed E-state index contributed by atoms with van der Waals surface area (Å²) in [5, 5.41) is 0. The topological polar surface area (TPSA) is 49.2 Å². The van der Waals surface area contributed by atoms with Gasteiger partial charge in [-0.3, -0.25) is 4.57 Å². The molecule has 0 unspecified atom stereocenters. The maximum Gasteiger partial charge on any atom is 0.496 e. The van der Waals surface area contributed by atoms with Gasteiger partial charge in [-0.25, -0.2) is 9.97 Å². The molecule has 3 heterocycles. The normalized spacial score (nSPS) is 24.0. The van der Waals surface area contributed by atoms with Crippen molar-refractivity contribution < 1.29 is 16.2 Å². The lowest BCUT2D eigenvalue weighted by Gasteiger charge is -2.32. The molecule has 6 heteroatoms. The molecule has 0 N–H and O–H groups in total. The third-order valence-corrected chi connectivity index (χ3v) is 4.00. The molecular weight excluding hydrogens is 265 g/mol. The molecule has 0 amide bonds. The largest absolute Gasteiger partial charge is 0.496 e. The number of hydrogen-bond acceptors (Lipinski definition) is 4. The van der Waals surface area contributed by atoms with Crippen LogP contribution in [0.1, 0.15) is 40.2 Å². The Morgan fingerprint density at radius 2 is 1.90 bits per heavy atom. The van der Waals surface area contributed by atoms with E-state index in [1.807, 2.05) is 27.7 Å². The predicted octanol–water partition coefficient (Wildman–Crippen LogP) is 1.87. The van der Waals surface area contributed by atoms with E-state index < -0.39 is 30.9 Å². The van der Waals surface area contributed by atoms with Gasteiger partial charge in [-0.2, -0.15) is 0 Å². The molecule has 0 atom stereocenters. The van der Waals surface area contributed by atoms with Gasteiger partial charge >= 0.3 is 7.12 Å². The Bertz CT molecular complexity index is 817. The van der Waals surface area contributed by atoms with Gasteiger partial charge in [-0.05, 0) is 40.6 Å². The molecule has 2 aromatic rings. The lowest BCUT2D eigenvalue weighted by atomic mass is 9.80. The molecule has 1 saturated heterocycles. The highest BCUT2D eigenvalue weighted by Crippen LogP contribution is 2.36. The van der Waals surface area contributed by atoms with Gasteiger partial charge in [0.2, 0.25) is 0 Å². The van der Waals surface area contributed by atoms with Crippen LogP contribution >= 0.6 is 0 Å². The highest BCUT2D eigenvalue weighted by Gasteiger charge is 2.51. The highest BCUT2D eigenvalue weighted by molar-refractivity contribution is 6.62. The first-order valence-corrected chi connectivity index (χ1v) is 6.72. The van der Waals surface area contributed by atoms with Gasteiger partial charge in [0.25, 0.3) is 0 Å².